The maximum absolute atomic E-state index is 4.67. The highest BCUT2D eigenvalue weighted by Crippen LogP contribution is 2.26. The average Bonchev–Trinajstić information content (AvgIpc) is 3.04. The Morgan fingerprint density at radius 1 is 1.18 bits per heavy atom. The quantitative estimate of drug-likeness (QED) is 0.758. The van der Waals surface area contributed by atoms with Crippen molar-refractivity contribution in [3.05, 3.63) is 41.3 Å². The van der Waals surface area contributed by atoms with Crippen molar-refractivity contribution in [3.8, 4) is 11.3 Å². The Morgan fingerprint density at radius 3 is 2.86 bits per heavy atom. The number of fused-ring (bicyclic) bond motifs is 1. The third-order valence-corrected chi connectivity index (χ3v) is 4.35. The summed E-state index contributed by atoms with van der Waals surface area (Å²) in [5.41, 5.74) is 2.87. The Morgan fingerprint density at radius 2 is 2.05 bits per heavy atom. The normalized spacial score (nSPS) is 15.4. The van der Waals surface area contributed by atoms with Crippen LogP contribution in [-0.2, 0) is 0 Å². The van der Waals surface area contributed by atoms with Gasteiger partial charge in [0.05, 0.1) is 11.9 Å². The van der Waals surface area contributed by atoms with Gasteiger partial charge >= 0.3 is 0 Å². The number of rotatable bonds is 2. The van der Waals surface area contributed by atoms with Crippen molar-refractivity contribution in [2.75, 3.05) is 31.1 Å². The van der Waals surface area contributed by atoms with Crippen LogP contribution < -0.4 is 10.2 Å². The standard InChI is InChI=1S/C15H15BrN6/c16-12-3-1-2-11(8-12)13-9-18-14(15-20-19-10-22(13)15)21-6-4-17-5-7-21/h1-3,8-10,17H,4-7H2. The molecule has 0 aliphatic carbocycles. The first-order chi connectivity index (χ1) is 10.8. The number of benzene rings is 1. The first-order valence-electron chi connectivity index (χ1n) is 7.23. The molecule has 3 heterocycles. The molecule has 1 N–H and O–H groups in total. The van der Waals surface area contributed by atoms with E-state index in [2.05, 4.69) is 53.5 Å². The van der Waals surface area contributed by atoms with Crippen LogP contribution in [0.1, 0.15) is 0 Å². The van der Waals surface area contributed by atoms with E-state index in [9.17, 15) is 0 Å². The number of hydrogen-bond acceptors (Lipinski definition) is 5. The molecule has 22 heavy (non-hydrogen) atoms. The van der Waals surface area contributed by atoms with Gasteiger partial charge in [-0.15, -0.1) is 10.2 Å². The minimum Gasteiger partial charge on any atom is -0.351 e. The summed E-state index contributed by atoms with van der Waals surface area (Å²) in [7, 11) is 0. The predicted octanol–water partition coefficient (Wildman–Crippen LogP) is 1.96. The maximum Gasteiger partial charge on any atom is 0.204 e. The molecular formula is C15H15BrN6. The molecule has 0 spiro atoms. The second-order valence-corrected chi connectivity index (χ2v) is 6.15. The van der Waals surface area contributed by atoms with Crippen molar-refractivity contribution in [2.45, 2.75) is 0 Å². The zero-order valence-electron chi connectivity index (χ0n) is 11.9. The molecule has 1 aromatic carbocycles. The van der Waals surface area contributed by atoms with Gasteiger partial charge in [-0.2, -0.15) is 0 Å². The van der Waals surface area contributed by atoms with Crippen molar-refractivity contribution < 1.29 is 0 Å². The summed E-state index contributed by atoms with van der Waals surface area (Å²) in [6.07, 6.45) is 3.65. The van der Waals surface area contributed by atoms with Crippen molar-refractivity contribution in [3.63, 3.8) is 0 Å². The Labute approximate surface area is 136 Å². The van der Waals surface area contributed by atoms with Gasteiger partial charge in [0, 0.05) is 36.2 Å². The number of halogens is 1. The van der Waals surface area contributed by atoms with Crippen molar-refractivity contribution in [1.29, 1.82) is 0 Å². The molecule has 0 atom stereocenters. The molecule has 1 aliphatic rings. The van der Waals surface area contributed by atoms with Crippen LogP contribution in [0, 0.1) is 0 Å². The van der Waals surface area contributed by atoms with Gasteiger partial charge in [-0.05, 0) is 12.1 Å². The van der Waals surface area contributed by atoms with Crippen molar-refractivity contribution in [2.24, 2.45) is 0 Å². The van der Waals surface area contributed by atoms with Gasteiger partial charge in [0.15, 0.2) is 5.82 Å². The lowest BCUT2D eigenvalue weighted by atomic mass is 10.1. The van der Waals surface area contributed by atoms with E-state index in [0.717, 1.165) is 53.4 Å². The smallest absolute Gasteiger partial charge is 0.204 e. The fourth-order valence-electron chi connectivity index (χ4n) is 2.77. The van der Waals surface area contributed by atoms with Crippen molar-refractivity contribution >= 4 is 27.4 Å². The third-order valence-electron chi connectivity index (χ3n) is 3.85. The number of piperazine rings is 1. The summed E-state index contributed by atoms with van der Waals surface area (Å²) < 4.78 is 3.05. The molecule has 6 nitrogen and oxygen atoms in total. The highest BCUT2D eigenvalue weighted by Gasteiger charge is 2.18. The molecule has 4 rings (SSSR count). The lowest BCUT2D eigenvalue weighted by Crippen LogP contribution is -2.44. The Balaban J connectivity index is 1.84. The van der Waals surface area contributed by atoms with Crippen LogP contribution in [0.25, 0.3) is 16.9 Å². The van der Waals surface area contributed by atoms with Gasteiger partial charge in [0.25, 0.3) is 0 Å². The molecule has 2 aromatic heterocycles. The highest BCUT2D eigenvalue weighted by molar-refractivity contribution is 9.10. The Bertz CT molecular complexity index is 809. The summed E-state index contributed by atoms with van der Waals surface area (Å²) >= 11 is 3.52. The van der Waals surface area contributed by atoms with E-state index in [0.29, 0.717) is 0 Å². The minimum absolute atomic E-state index is 0.805. The fourth-order valence-corrected chi connectivity index (χ4v) is 3.17. The van der Waals surface area contributed by atoms with Gasteiger partial charge < -0.3 is 10.2 Å². The molecule has 1 aliphatic heterocycles. The van der Waals surface area contributed by atoms with E-state index >= 15 is 0 Å². The zero-order valence-corrected chi connectivity index (χ0v) is 13.5. The molecule has 112 valence electrons. The van der Waals surface area contributed by atoms with Crippen LogP contribution in [0.15, 0.2) is 41.3 Å². The number of nitrogens with zero attached hydrogens (tertiary/aromatic N) is 5. The van der Waals surface area contributed by atoms with E-state index in [-0.39, 0.29) is 0 Å². The summed E-state index contributed by atoms with van der Waals surface area (Å²) in [5, 5.41) is 11.7. The number of nitrogens with one attached hydrogen (secondary N) is 1. The molecule has 0 bridgehead atoms. The SMILES string of the molecule is Brc1cccc(-c2cnc(N3CCNCC3)c3nncn23)c1. The van der Waals surface area contributed by atoms with Crippen LogP contribution in [0.4, 0.5) is 5.82 Å². The molecule has 0 amide bonds. The van der Waals surface area contributed by atoms with Crippen molar-refractivity contribution in [1.82, 2.24) is 24.9 Å². The zero-order chi connectivity index (χ0) is 14.9. The van der Waals surface area contributed by atoms with E-state index in [1.807, 2.05) is 22.7 Å². The third kappa shape index (κ3) is 2.36. The molecule has 0 saturated carbocycles. The first kappa shape index (κ1) is 13.7. The Kier molecular flexibility index (Phi) is 3.51. The van der Waals surface area contributed by atoms with Crippen LogP contribution in [0.5, 0.6) is 0 Å². The van der Waals surface area contributed by atoms with E-state index < -0.39 is 0 Å². The van der Waals surface area contributed by atoms with Gasteiger partial charge in [-0.1, -0.05) is 28.1 Å². The molecule has 1 saturated heterocycles. The van der Waals surface area contributed by atoms with Crippen LogP contribution in [0.3, 0.4) is 0 Å². The molecule has 1 fully saturated rings. The molecule has 0 unspecified atom stereocenters. The Hall–Kier alpha value is -1.99. The average molecular weight is 359 g/mol. The minimum atomic E-state index is 0.805. The second-order valence-electron chi connectivity index (χ2n) is 5.24. The molecule has 0 radical (unpaired) electrons. The largest absolute Gasteiger partial charge is 0.351 e. The predicted molar refractivity (Wildman–Crippen MR) is 89.0 cm³/mol. The number of anilines is 1. The summed E-state index contributed by atoms with van der Waals surface area (Å²) in [5.74, 6) is 0.901. The van der Waals surface area contributed by atoms with Gasteiger partial charge in [-0.3, -0.25) is 4.40 Å². The summed E-state index contributed by atoms with van der Waals surface area (Å²) in [6.45, 7) is 3.81. The second kappa shape index (κ2) is 5.66. The van der Waals surface area contributed by atoms with Gasteiger partial charge in [-0.25, -0.2) is 4.98 Å². The van der Waals surface area contributed by atoms with E-state index in [1.54, 1.807) is 6.33 Å². The molecule has 3 aromatic rings. The molecular weight excluding hydrogens is 344 g/mol. The van der Waals surface area contributed by atoms with Crippen LogP contribution in [-0.4, -0.2) is 45.8 Å². The van der Waals surface area contributed by atoms with Crippen LogP contribution in [0.2, 0.25) is 0 Å². The van der Waals surface area contributed by atoms with E-state index in [4.69, 9.17) is 0 Å². The van der Waals surface area contributed by atoms with Crippen LogP contribution >= 0.6 is 15.9 Å². The summed E-state index contributed by atoms with van der Waals surface area (Å²) in [4.78, 5) is 6.92. The number of aromatic nitrogens is 4. The maximum atomic E-state index is 4.67. The topological polar surface area (TPSA) is 58.4 Å². The lowest BCUT2D eigenvalue weighted by molar-refractivity contribution is 0.585. The molecule has 7 heteroatoms. The van der Waals surface area contributed by atoms with Gasteiger partial charge in [0.2, 0.25) is 5.65 Å². The van der Waals surface area contributed by atoms with E-state index in [1.165, 1.54) is 0 Å². The first-order valence-corrected chi connectivity index (χ1v) is 8.02. The number of hydrogen-bond donors (Lipinski definition) is 1. The lowest BCUT2D eigenvalue weighted by Gasteiger charge is -2.28. The monoisotopic (exact) mass is 358 g/mol. The fraction of sp³-hybridized carbons (Fsp3) is 0.267. The summed E-state index contributed by atoms with van der Waals surface area (Å²) in [6, 6.07) is 8.15. The van der Waals surface area contributed by atoms with Gasteiger partial charge in [0.1, 0.15) is 6.33 Å². The highest BCUT2D eigenvalue weighted by atomic mass is 79.9.